The summed E-state index contributed by atoms with van der Waals surface area (Å²) in [5.41, 5.74) is 2.19. The van der Waals surface area contributed by atoms with Crippen LogP contribution in [0.1, 0.15) is 16.7 Å². The summed E-state index contributed by atoms with van der Waals surface area (Å²) in [6.45, 7) is 2.95. The van der Waals surface area contributed by atoms with E-state index in [1.54, 1.807) is 6.07 Å². The van der Waals surface area contributed by atoms with Gasteiger partial charge < -0.3 is 10.1 Å². The van der Waals surface area contributed by atoms with Crippen molar-refractivity contribution in [2.24, 2.45) is 0 Å². The van der Waals surface area contributed by atoms with Gasteiger partial charge in [0.1, 0.15) is 6.54 Å². The highest BCUT2D eigenvalue weighted by Gasteiger charge is 2.14. The highest BCUT2D eigenvalue weighted by Crippen LogP contribution is 2.17. The van der Waals surface area contributed by atoms with Gasteiger partial charge in [0.15, 0.2) is 6.61 Å². The fourth-order valence-electron chi connectivity index (χ4n) is 3.00. The lowest BCUT2D eigenvalue weighted by molar-refractivity contribution is -0.148. The van der Waals surface area contributed by atoms with E-state index in [2.05, 4.69) is 5.32 Å². The fraction of sp³-hybridized carbons (Fsp3) is 0.217. The van der Waals surface area contributed by atoms with Gasteiger partial charge in [-0.05, 0) is 36.6 Å². The Morgan fingerprint density at radius 1 is 0.968 bits per heavy atom. The van der Waals surface area contributed by atoms with Gasteiger partial charge in [-0.1, -0.05) is 42.5 Å². The molecule has 0 fully saturated rings. The van der Waals surface area contributed by atoms with Crippen molar-refractivity contribution in [3.8, 4) is 0 Å². The molecule has 0 spiro atoms. The number of aromatic nitrogens is 2. The molecular formula is C23H23N3O5. The Hall–Kier alpha value is -3.94. The number of aryl methyl sites for hydroxylation is 1. The number of rotatable bonds is 7. The number of ether oxygens (including phenoxy) is 1. The first kappa shape index (κ1) is 21.8. The van der Waals surface area contributed by atoms with E-state index < -0.39 is 36.3 Å². The second kappa shape index (κ2) is 9.71. The maximum atomic E-state index is 12.6. The van der Waals surface area contributed by atoms with Gasteiger partial charge in [-0.25, -0.2) is 9.36 Å². The zero-order valence-corrected chi connectivity index (χ0v) is 17.3. The zero-order chi connectivity index (χ0) is 22.4. The Balaban J connectivity index is 1.63. The van der Waals surface area contributed by atoms with E-state index in [9.17, 15) is 19.2 Å². The third-order valence-corrected chi connectivity index (χ3v) is 4.87. The van der Waals surface area contributed by atoms with Gasteiger partial charge in [-0.15, -0.1) is 0 Å². The molecule has 3 rings (SSSR count). The first-order valence-electron chi connectivity index (χ1n) is 9.71. The van der Waals surface area contributed by atoms with Gasteiger partial charge in [-0.3, -0.25) is 19.0 Å². The molecule has 3 aromatic rings. The minimum atomic E-state index is -0.854. The summed E-state index contributed by atoms with van der Waals surface area (Å²) in [5, 5.41) is 2.68. The summed E-state index contributed by atoms with van der Waals surface area (Å²) in [6.07, 6.45) is 1.39. The van der Waals surface area contributed by atoms with E-state index in [0.29, 0.717) is 5.69 Å². The number of esters is 1. The fourth-order valence-corrected chi connectivity index (χ4v) is 3.00. The highest BCUT2D eigenvalue weighted by molar-refractivity contribution is 5.93. The SMILES string of the molecule is Cc1cccc(NC(=O)COC(=O)Cn2c(=O)ccn(Cc3ccccc3)c2=O)c1C. The van der Waals surface area contributed by atoms with Crippen LogP contribution in [0.25, 0.3) is 0 Å². The lowest BCUT2D eigenvalue weighted by Gasteiger charge is -2.11. The number of hydrogen-bond donors (Lipinski definition) is 1. The van der Waals surface area contributed by atoms with E-state index in [0.717, 1.165) is 21.3 Å². The van der Waals surface area contributed by atoms with Crippen LogP contribution in [-0.2, 0) is 27.4 Å². The summed E-state index contributed by atoms with van der Waals surface area (Å²) >= 11 is 0. The molecule has 0 saturated heterocycles. The molecule has 0 radical (unpaired) electrons. The second-order valence-corrected chi connectivity index (χ2v) is 7.09. The van der Waals surface area contributed by atoms with Crippen molar-refractivity contribution in [1.29, 1.82) is 0 Å². The van der Waals surface area contributed by atoms with E-state index in [4.69, 9.17) is 4.74 Å². The van der Waals surface area contributed by atoms with Crippen LogP contribution in [0.3, 0.4) is 0 Å². The number of nitrogens with zero attached hydrogens (tertiary/aromatic N) is 2. The van der Waals surface area contributed by atoms with Crippen molar-refractivity contribution < 1.29 is 14.3 Å². The van der Waals surface area contributed by atoms with E-state index in [1.165, 1.54) is 16.8 Å². The summed E-state index contributed by atoms with van der Waals surface area (Å²) in [5.74, 6) is -1.36. The molecule has 1 aromatic heterocycles. The molecule has 160 valence electrons. The standard InChI is InChI=1S/C23H23N3O5/c1-16-7-6-10-19(17(16)2)24-20(27)15-31-22(29)14-26-21(28)11-12-25(23(26)30)13-18-8-4-3-5-9-18/h3-12H,13-15H2,1-2H3,(H,24,27). The van der Waals surface area contributed by atoms with E-state index in [-0.39, 0.29) is 6.54 Å². The van der Waals surface area contributed by atoms with Crippen LogP contribution in [-0.4, -0.2) is 27.6 Å². The average Bonchev–Trinajstić information content (AvgIpc) is 2.76. The van der Waals surface area contributed by atoms with Crippen molar-refractivity contribution in [3.05, 3.63) is 98.3 Å². The molecule has 0 atom stereocenters. The Labute approximate surface area is 178 Å². The molecule has 0 aliphatic heterocycles. The maximum absolute atomic E-state index is 12.6. The quantitative estimate of drug-likeness (QED) is 0.587. The van der Waals surface area contributed by atoms with Gasteiger partial charge in [0.05, 0.1) is 6.54 Å². The van der Waals surface area contributed by atoms with Gasteiger partial charge in [0.2, 0.25) is 0 Å². The third-order valence-electron chi connectivity index (χ3n) is 4.87. The van der Waals surface area contributed by atoms with Crippen LogP contribution < -0.4 is 16.6 Å². The number of nitrogens with one attached hydrogen (secondary N) is 1. The molecule has 0 bridgehead atoms. The molecule has 0 unspecified atom stereocenters. The monoisotopic (exact) mass is 421 g/mol. The zero-order valence-electron chi connectivity index (χ0n) is 17.3. The second-order valence-electron chi connectivity index (χ2n) is 7.09. The first-order valence-corrected chi connectivity index (χ1v) is 9.71. The van der Waals surface area contributed by atoms with Crippen LogP contribution >= 0.6 is 0 Å². The van der Waals surface area contributed by atoms with Crippen LogP contribution in [0, 0.1) is 13.8 Å². The van der Waals surface area contributed by atoms with Crippen LogP contribution in [0.5, 0.6) is 0 Å². The van der Waals surface area contributed by atoms with Gasteiger partial charge in [0.25, 0.3) is 11.5 Å². The minimum Gasteiger partial charge on any atom is -0.454 e. The molecule has 1 heterocycles. The number of carbonyl (C=O) groups is 2. The third kappa shape index (κ3) is 5.57. The molecule has 2 aromatic carbocycles. The van der Waals surface area contributed by atoms with Crippen molar-refractivity contribution >= 4 is 17.6 Å². The molecule has 0 aliphatic carbocycles. The van der Waals surface area contributed by atoms with Crippen molar-refractivity contribution in [2.45, 2.75) is 26.9 Å². The largest absolute Gasteiger partial charge is 0.454 e. The van der Waals surface area contributed by atoms with Crippen LogP contribution in [0.15, 0.2) is 70.4 Å². The topological polar surface area (TPSA) is 99.4 Å². The van der Waals surface area contributed by atoms with E-state index >= 15 is 0 Å². The average molecular weight is 421 g/mol. The Kier molecular flexibility index (Phi) is 6.81. The van der Waals surface area contributed by atoms with E-state index in [1.807, 2.05) is 56.3 Å². The number of hydrogen-bond acceptors (Lipinski definition) is 5. The Morgan fingerprint density at radius 3 is 2.45 bits per heavy atom. The molecule has 8 nitrogen and oxygen atoms in total. The normalized spacial score (nSPS) is 10.5. The summed E-state index contributed by atoms with van der Waals surface area (Å²) in [7, 11) is 0. The molecule has 1 amide bonds. The lowest BCUT2D eigenvalue weighted by atomic mass is 10.1. The molecule has 0 aliphatic rings. The first-order chi connectivity index (χ1) is 14.8. The number of anilines is 1. The Bertz CT molecular complexity index is 1210. The van der Waals surface area contributed by atoms with Crippen molar-refractivity contribution in [2.75, 3.05) is 11.9 Å². The van der Waals surface area contributed by atoms with Gasteiger partial charge in [0, 0.05) is 18.0 Å². The predicted molar refractivity (Wildman–Crippen MR) is 116 cm³/mol. The predicted octanol–water partition coefficient (Wildman–Crippen LogP) is 1.86. The summed E-state index contributed by atoms with van der Waals surface area (Å²) < 4.78 is 7.08. The molecule has 0 saturated carbocycles. The number of benzene rings is 2. The highest BCUT2D eigenvalue weighted by atomic mass is 16.5. The number of carbonyl (C=O) groups excluding carboxylic acids is 2. The molecule has 8 heteroatoms. The van der Waals surface area contributed by atoms with Crippen molar-refractivity contribution in [1.82, 2.24) is 9.13 Å². The van der Waals surface area contributed by atoms with Crippen LogP contribution in [0.2, 0.25) is 0 Å². The molecular weight excluding hydrogens is 398 g/mol. The minimum absolute atomic E-state index is 0.257. The smallest absolute Gasteiger partial charge is 0.331 e. The van der Waals surface area contributed by atoms with Gasteiger partial charge in [-0.2, -0.15) is 0 Å². The van der Waals surface area contributed by atoms with Crippen molar-refractivity contribution in [3.63, 3.8) is 0 Å². The van der Waals surface area contributed by atoms with Crippen LogP contribution in [0.4, 0.5) is 5.69 Å². The van der Waals surface area contributed by atoms with Gasteiger partial charge >= 0.3 is 11.7 Å². The lowest BCUT2D eigenvalue weighted by Crippen LogP contribution is -2.41. The maximum Gasteiger partial charge on any atom is 0.331 e. The summed E-state index contributed by atoms with van der Waals surface area (Å²) in [6, 6.07) is 16.0. The summed E-state index contributed by atoms with van der Waals surface area (Å²) in [4.78, 5) is 49.0. The molecule has 1 N–H and O–H groups in total. The molecule has 31 heavy (non-hydrogen) atoms. The Morgan fingerprint density at radius 2 is 1.71 bits per heavy atom. The number of amides is 1.